The number of carbonyl (C=O) groups is 2. The van der Waals surface area contributed by atoms with Crippen LogP contribution in [0.15, 0.2) is 11.6 Å². The van der Waals surface area contributed by atoms with Gasteiger partial charge in [0.25, 0.3) is 0 Å². The van der Waals surface area contributed by atoms with E-state index >= 15 is 0 Å². The number of hydrogen-bond donors (Lipinski definition) is 3. The molecular weight excluding hydrogens is 422 g/mol. The number of cyclic esters (lactones) is 1. The SMILES string of the molecule is COc1c(C)c2c(c(NC(C)C)c1C/C=C(\C)CC(CCN1CCNC1)C(=O)O)C(=O)OC2. The number of ether oxygens (including phenoxy) is 2. The Labute approximate surface area is 196 Å². The second kappa shape index (κ2) is 11.0. The van der Waals surface area contributed by atoms with Crippen molar-refractivity contribution in [1.29, 1.82) is 0 Å². The highest BCUT2D eigenvalue weighted by Gasteiger charge is 2.32. The van der Waals surface area contributed by atoms with Gasteiger partial charge in [-0.2, -0.15) is 0 Å². The van der Waals surface area contributed by atoms with Crippen molar-refractivity contribution >= 4 is 17.6 Å². The minimum absolute atomic E-state index is 0.121. The second-order valence-corrected chi connectivity index (χ2v) is 9.30. The van der Waals surface area contributed by atoms with Crippen molar-refractivity contribution in [1.82, 2.24) is 10.2 Å². The Morgan fingerprint density at radius 2 is 2.15 bits per heavy atom. The first-order valence-electron chi connectivity index (χ1n) is 11.7. The largest absolute Gasteiger partial charge is 0.496 e. The van der Waals surface area contributed by atoms with E-state index in [-0.39, 0.29) is 18.6 Å². The summed E-state index contributed by atoms with van der Waals surface area (Å²) in [5, 5.41) is 16.4. The van der Waals surface area contributed by atoms with E-state index < -0.39 is 11.9 Å². The highest BCUT2D eigenvalue weighted by molar-refractivity contribution is 6.01. The predicted octanol–water partition coefficient (Wildman–Crippen LogP) is 3.33. The Kier molecular flexibility index (Phi) is 8.37. The van der Waals surface area contributed by atoms with E-state index in [4.69, 9.17) is 9.47 Å². The van der Waals surface area contributed by atoms with Crippen LogP contribution in [0, 0.1) is 12.8 Å². The van der Waals surface area contributed by atoms with Gasteiger partial charge in [0.05, 0.1) is 24.3 Å². The molecule has 1 unspecified atom stereocenters. The number of allylic oxidation sites excluding steroid dienone is 2. The molecule has 0 aliphatic carbocycles. The molecule has 3 N–H and O–H groups in total. The summed E-state index contributed by atoms with van der Waals surface area (Å²) in [6.45, 7) is 11.8. The fourth-order valence-corrected chi connectivity index (χ4v) is 4.64. The molecule has 3 rings (SSSR count). The van der Waals surface area contributed by atoms with Crippen LogP contribution >= 0.6 is 0 Å². The average molecular weight is 460 g/mol. The summed E-state index contributed by atoms with van der Waals surface area (Å²) in [6, 6.07) is 0.121. The third kappa shape index (κ3) is 5.86. The summed E-state index contributed by atoms with van der Waals surface area (Å²) < 4.78 is 11.1. The summed E-state index contributed by atoms with van der Waals surface area (Å²) in [6.07, 6.45) is 3.71. The van der Waals surface area contributed by atoms with Crippen LogP contribution in [-0.2, 0) is 22.6 Å². The van der Waals surface area contributed by atoms with Crippen LogP contribution in [0.3, 0.4) is 0 Å². The maximum absolute atomic E-state index is 12.5. The molecular formula is C25H37N3O5. The number of nitrogens with one attached hydrogen (secondary N) is 2. The van der Waals surface area contributed by atoms with Crippen molar-refractivity contribution < 1.29 is 24.2 Å². The van der Waals surface area contributed by atoms with Gasteiger partial charge in [-0.15, -0.1) is 0 Å². The maximum atomic E-state index is 12.5. The molecule has 8 nitrogen and oxygen atoms in total. The Morgan fingerprint density at radius 1 is 1.39 bits per heavy atom. The van der Waals surface area contributed by atoms with Crippen molar-refractivity contribution in [3.8, 4) is 5.75 Å². The number of nitrogens with zero attached hydrogens (tertiary/aromatic N) is 1. The molecule has 0 aromatic heterocycles. The lowest BCUT2D eigenvalue weighted by atomic mass is 9.92. The van der Waals surface area contributed by atoms with Gasteiger partial charge in [-0.1, -0.05) is 11.6 Å². The first kappa shape index (κ1) is 25.1. The van der Waals surface area contributed by atoms with Gasteiger partial charge in [-0.25, -0.2) is 4.79 Å². The van der Waals surface area contributed by atoms with E-state index in [0.717, 1.165) is 60.0 Å². The van der Waals surface area contributed by atoms with Crippen LogP contribution in [-0.4, -0.2) is 61.4 Å². The standard InChI is InChI=1S/C25H37N3O5/c1-15(2)27-22-19(23(32-5)17(4)20-13-33-25(31)21(20)22)7-6-16(3)12-18(24(29)30)8-10-28-11-9-26-14-28/h6,15,18,26-27H,7-14H2,1-5H3,(H,29,30)/b16-6+. The molecule has 33 heavy (non-hydrogen) atoms. The van der Waals surface area contributed by atoms with E-state index in [1.54, 1.807) is 7.11 Å². The molecule has 1 fully saturated rings. The van der Waals surface area contributed by atoms with E-state index in [9.17, 15) is 14.7 Å². The number of carboxylic acid groups (broad SMARTS) is 1. The predicted molar refractivity (Wildman–Crippen MR) is 128 cm³/mol. The Balaban J connectivity index is 1.83. The molecule has 182 valence electrons. The molecule has 0 saturated carbocycles. The highest BCUT2D eigenvalue weighted by Crippen LogP contribution is 2.41. The van der Waals surface area contributed by atoms with Gasteiger partial charge in [0.1, 0.15) is 12.4 Å². The van der Waals surface area contributed by atoms with Crippen molar-refractivity contribution in [3.63, 3.8) is 0 Å². The van der Waals surface area contributed by atoms with Crippen LogP contribution < -0.4 is 15.4 Å². The van der Waals surface area contributed by atoms with Gasteiger partial charge in [0, 0.05) is 43.5 Å². The fraction of sp³-hybridized carbons (Fsp3) is 0.600. The lowest BCUT2D eigenvalue weighted by Crippen LogP contribution is -2.27. The molecule has 2 aliphatic heterocycles. The van der Waals surface area contributed by atoms with E-state index in [1.165, 1.54) is 0 Å². The van der Waals surface area contributed by atoms with Crippen molar-refractivity contribution in [2.75, 3.05) is 38.7 Å². The summed E-state index contributed by atoms with van der Waals surface area (Å²) in [4.78, 5) is 26.6. The molecule has 0 radical (unpaired) electrons. The van der Waals surface area contributed by atoms with Crippen LogP contribution in [0.1, 0.15) is 60.7 Å². The molecule has 1 aromatic rings. The molecule has 1 aromatic carbocycles. The number of methoxy groups -OCH3 is 1. The van der Waals surface area contributed by atoms with Gasteiger partial charge >= 0.3 is 11.9 Å². The average Bonchev–Trinajstić information content (AvgIpc) is 3.41. The lowest BCUT2D eigenvalue weighted by Gasteiger charge is -2.22. The molecule has 1 atom stereocenters. The molecule has 1 saturated heterocycles. The van der Waals surface area contributed by atoms with Crippen LogP contribution in [0.2, 0.25) is 0 Å². The smallest absolute Gasteiger partial charge is 0.341 e. The monoisotopic (exact) mass is 459 g/mol. The first-order chi connectivity index (χ1) is 15.7. The van der Waals surface area contributed by atoms with Crippen LogP contribution in [0.25, 0.3) is 0 Å². The summed E-state index contributed by atoms with van der Waals surface area (Å²) >= 11 is 0. The first-order valence-corrected chi connectivity index (χ1v) is 11.7. The minimum Gasteiger partial charge on any atom is -0.496 e. The van der Waals surface area contributed by atoms with Crippen molar-refractivity contribution in [3.05, 3.63) is 33.9 Å². The van der Waals surface area contributed by atoms with E-state index in [0.29, 0.717) is 24.8 Å². The number of fused-ring (bicyclic) bond motifs is 1. The fourth-order valence-electron chi connectivity index (χ4n) is 4.64. The number of carbonyl (C=O) groups excluding carboxylic acids is 1. The zero-order valence-corrected chi connectivity index (χ0v) is 20.4. The number of hydrogen-bond acceptors (Lipinski definition) is 7. The third-order valence-electron chi connectivity index (χ3n) is 6.42. The Bertz CT molecular complexity index is 919. The van der Waals surface area contributed by atoms with Gasteiger partial charge in [0.15, 0.2) is 0 Å². The van der Waals surface area contributed by atoms with Gasteiger partial charge in [-0.3, -0.25) is 9.69 Å². The third-order valence-corrected chi connectivity index (χ3v) is 6.42. The lowest BCUT2D eigenvalue weighted by molar-refractivity contribution is -0.142. The minimum atomic E-state index is -0.759. The Hall–Kier alpha value is -2.58. The maximum Gasteiger partial charge on any atom is 0.341 e. The van der Waals surface area contributed by atoms with Crippen LogP contribution in [0.5, 0.6) is 5.75 Å². The highest BCUT2D eigenvalue weighted by atomic mass is 16.5. The van der Waals surface area contributed by atoms with Gasteiger partial charge < -0.3 is 25.2 Å². The van der Waals surface area contributed by atoms with Gasteiger partial charge in [0.2, 0.25) is 0 Å². The molecule has 2 heterocycles. The molecule has 0 spiro atoms. The van der Waals surface area contributed by atoms with E-state index in [1.807, 2.05) is 27.7 Å². The van der Waals surface area contributed by atoms with Crippen LogP contribution in [0.4, 0.5) is 5.69 Å². The normalized spacial score (nSPS) is 17.3. The molecule has 8 heteroatoms. The summed E-state index contributed by atoms with van der Waals surface area (Å²) in [5.41, 5.74) is 5.04. The zero-order chi connectivity index (χ0) is 24.1. The number of rotatable bonds is 11. The summed E-state index contributed by atoms with van der Waals surface area (Å²) in [7, 11) is 1.64. The molecule has 2 aliphatic rings. The molecule has 0 bridgehead atoms. The number of benzene rings is 1. The second-order valence-electron chi connectivity index (χ2n) is 9.30. The zero-order valence-electron chi connectivity index (χ0n) is 20.4. The topological polar surface area (TPSA) is 100 Å². The quantitative estimate of drug-likeness (QED) is 0.342. The number of anilines is 1. The van der Waals surface area contributed by atoms with Crippen molar-refractivity contribution in [2.24, 2.45) is 5.92 Å². The van der Waals surface area contributed by atoms with Gasteiger partial charge in [-0.05, 0) is 52.5 Å². The summed E-state index contributed by atoms with van der Waals surface area (Å²) in [5.74, 6) is -0.752. The number of aliphatic carboxylic acids is 1. The number of carboxylic acids is 1. The van der Waals surface area contributed by atoms with Crippen molar-refractivity contribution in [2.45, 2.75) is 59.6 Å². The Morgan fingerprint density at radius 3 is 2.76 bits per heavy atom. The van der Waals surface area contributed by atoms with E-state index in [2.05, 4.69) is 21.6 Å². The molecule has 0 amide bonds. The number of esters is 1.